The number of halogens is 3. The molecule has 20 heavy (non-hydrogen) atoms. The van der Waals surface area contributed by atoms with Gasteiger partial charge in [0, 0.05) is 31.1 Å². The van der Waals surface area contributed by atoms with Gasteiger partial charge in [0.1, 0.15) is 12.4 Å². The van der Waals surface area contributed by atoms with Crippen molar-refractivity contribution in [1.82, 2.24) is 15.0 Å². The first kappa shape index (κ1) is 14.2. The van der Waals surface area contributed by atoms with Gasteiger partial charge in [-0.05, 0) is 6.07 Å². The van der Waals surface area contributed by atoms with E-state index in [1.807, 2.05) is 0 Å². The van der Waals surface area contributed by atoms with Gasteiger partial charge in [-0.2, -0.15) is 13.2 Å². The van der Waals surface area contributed by atoms with Gasteiger partial charge < -0.3 is 9.72 Å². The number of rotatable bonds is 3. The zero-order chi connectivity index (χ0) is 14.8. The van der Waals surface area contributed by atoms with Gasteiger partial charge >= 0.3 is 6.18 Å². The Bertz CT molecular complexity index is 667. The molecule has 0 saturated carbocycles. The van der Waals surface area contributed by atoms with Gasteiger partial charge in [0.15, 0.2) is 0 Å². The fourth-order valence-corrected chi connectivity index (χ4v) is 1.70. The third-order valence-electron chi connectivity index (χ3n) is 2.47. The molecule has 1 N–H and O–H groups in total. The summed E-state index contributed by atoms with van der Waals surface area (Å²) in [7, 11) is 1.39. The summed E-state index contributed by atoms with van der Waals surface area (Å²) < 4.78 is 43.6. The van der Waals surface area contributed by atoms with Crippen LogP contribution in [0.25, 0.3) is 11.3 Å². The molecule has 0 fully saturated rings. The molecule has 0 aliphatic carbocycles. The minimum absolute atomic E-state index is 0.00923. The highest BCUT2D eigenvalue weighted by molar-refractivity contribution is 5.62. The molecular formula is C12H10F3N3O2. The van der Waals surface area contributed by atoms with Crippen molar-refractivity contribution in [3.8, 4) is 11.3 Å². The van der Waals surface area contributed by atoms with Crippen LogP contribution in [0.5, 0.6) is 0 Å². The van der Waals surface area contributed by atoms with E-state index in [0.717, 1.165) is 24.5 Å². The molecule has 0 saturated heterocycles. The van der Waals surface area contributed by atoms with Crippen LogP contribution < -0.4 is 5.56 Å². The summed E-state index contributed by atoms with van der Waals surface area (Å²) in [6.07, 6.45) is -2.49. The highest BCUT2D eigenvalue weighted by Gasteiger charge is 2.34. The van der Waals surface area contributed by atoms with E-state index in [9.17, 15) is 18.0 Å². The molecule has 0 aromatic carbocycles. The molecule has 2 heterocycles. The minimum Gasteiger partial charge on any atom is -0.377 e. The predicted molar refractivity (Wildman–Crippen MR) is 63.8 cm³/mol. The lowest BCUT2D eigenvalue weighted by molar-refractivity contribution is -0.137. The topological polar surface area (TPSA) is 67.9 Å². The van der Waals surface area contributed by atoms with E-state index in [0.29, 0.717) is 0 Å². The Kier molecular flexibility index (Phi) is 3.84. The average molecular weight is 285 g/mol. The summed E-state index contributed by atoms with van der Waals surface area (Å²) in [5.41, 5.74) is -1.79. The molecule has 2 aromatic rings. The van der Waals surface area contributed by atoms with Crippen LogP contribution in [0.4, 0.5) is 13.2 Å². The molecule has 0 aliphatic heterocycles. The van der Waals surface area contributed by atoms with Crippen LogP contribution in [-0.4, -0.2) is 22.1 Å². The van der Waals surface area contributed by atoms with E-state index in [1.54, 1.807) is 0 Å². The Morgan fingerprint density at radius 1 is 1.40 bits per heavy atom. The molecular weight excluding hydrogens is 275 g/mol. The van der Waals surface area contributed by atoms with E-state index < -0.39 is 17.3 Å². The lowest BCUT2D eigenvalue weighted by Gasteiger charge is -2.11. The van der Waals surface area contributed by atoms with E-state index in [2.05, 4.69) is 15.0 Å². The number of H-pyrrole nitrogens is 1. The van der Waals surface area contributed by atoms with Crippen molar-refractivity contribution in [2.45, 2.75) is 12.8 Å². The van der Waals surface area contributed by atoms with Crippen LogP contribution in [0.3, 0.4) is 0 Å². The van der Waals surface area contributed by atoms with Crippen LogP contribution in [-0.2, 0) is 17.5 Å². The van der Waals surface area contributed by atoms with Crippen molar-refractivity contribution in [2.75, 3.05) is 7.11 Å². The maximum Gasteiger partial charge on any atom is 0.417 e. The van der Waals surface area contributed by atoms with Crippen LogP contribution in [0.1, 0.15) is 11.4 Å². The Hall–Kier alpha value is -2.22. The van der Waals surface area contributed by atoms with Gasteiger partial charge in [-0.25, -0.2) is 4.98 Å². The van der Waals surface area contributed by atoms with Crippen LogP contribution in [0.2, 0.25) is 0 Å². The smallest absolute Gasteiger partial charge is 0.377 e. The number of hydrogen-bond donors (Lipinski definition) is 1. The summed E-state index contributed by atoms with van der Waals surface area (Å²) in [6.45, 7) is -0.00923. The van der Waals surface area contributed by atoms with E-state index in [-0.39, 0.29) is 23.7 Å². The SMILES string of the molecule is COCc1nc(-c2cnccc2C(F)(F)F)cc(=O)[nH]1. The number of hydrogen-bond acceptors (Lipinski definition) is 4. The second-order valence-electron chi connectivity index (χ2n) is 3.93. The Balaban J connectivity index is 2.60. The molecule has 2 aromatic heterocycles. The normalized spacial score (nSPS) is 11.6. The maximum absolute atomic E-state index is 12.9. The molecule has 106 valence electrons. The third kappa shape index (κ3) is 3.02. The number of methoxy groups -OCH3 is 1. The van der Waals surface area contributed by atoms with Gasteiger partial charge in [0.2, 0.25) is 0 Å². The number of pyridine rings is 1. The molecule has 2 rings (SSSR count). The summed E-state index contributed by atoms with van der Waals surface area (Å²) >= 11 is 0. The Morgan fingerprint density at radius 2 is 2.15 bits per heavy atom. The second kappa shape index (κ2) is 5.41. The third-order valence-corrected chi connectivity index (χ3v) is 2.47. The van der Waals surface area contributed by atoms with Gasteiger partial charge in [0.05, 0.1) is 11.3 Å². The molecule has 0 unspecified atom stereocenters. The van der Waals surface area contributed by atoms with E-state index >= 15 is 0 Å². The van der Waals surface area contributed by atoms with Crippen molar-refractivity contribution < 1.29 is 17.9 Å². The number of alkyl halides is 3. The molecule has 5 nitrogen and oxygen atoms in total. The van der Waals surface area contributed by atoms with Crippen molar-refractivity contribution in [3.05, 3.63) is 46.3 Å². The monoisotopic (exact) mass is 285 g/mol. The van der Waals surface area contributed by atoms with E-state index in [4.69, 9.17) is 4.74 Å². The van der Waals surface area contributed by atoms with Gasteiger partial charge in [0.25, 0.3) is 5.56 Å². The van der Waals surface area contributed by atoms with Crippen molar-refractivity contribution >= 4 is 0 Å². The van der Waals surface area contributed by atoms with Gasteiger partial charge in [-0.3, -0.25) is 9.78 Å². The number of ether oxygens (including phenoxy) is 1. The first-order valence-corrected chi connectivity index (χ1v) is 5.52. The van der Waals surface area contributed by atoms with Gasteiger partial charge in [-0.1, -0.05) is 0 Å². The summed E-state index contributed by atoms with van der Waals surface area (Å²) in [4.78, 5) is 21.5. The Morgan fingerprint density at radius 3 is 2.80 bits per heavy atom. The number of nitrogens with zero attached hydrogens (tertiary/aromatic N) is 2. The second-order valence-corrected chi connectivity index (χ2v) is 3.93. The van der Waals surface area contributed by atoms with Crippen LogP contribution in [0.15, 0.2) is 29.3 Å². The molecule has 0 radical (unpaired) electrons. The zero-order valence-electron chi connectivity index (χ0n) is 10.4. The summed E-state index contributed by atoms with van der Waals surface area (Å²) in [6, 6.07) is 1.83. The average Bonchev–Trinajstić information content (AvgIpc) is 2.37. The molecule has 8 heteroatoms. The molecule has 0 aliphatic rings. The quantitative estimate of drug-likeness (QED) is 0.936. The minimum atomic E-state index is -4.55. The lowest BCUT2D eigenvalue weighted by Crippen LogP contribution is -2.14. The van der Waals surface area contributed by atoms with Gasteiger partial charge in [-0.15, -0.1) is 0 Å². The zero-order valence-corrected chi connectivity index (χ0v) is 10.4. The Labute approximate surface area is 111 Å². The number of aromatic amines is 1. The van der Waals surface area contributed by atoms with E-state index in [1.165, 1.54) is 7.11 Å². The fourth-order valence-electron chi connectivity index (χ4n) is 1.70. The first-order valence-electron chi connectivity index (χ1n) is 5.52. The first-order chi connectivity index (χ1) is 9.41. The standard InChI is InChI=1S/C12H10F3N3O2/c1-20-6-10-17-9(4-11(19)18-10)7-5-16-3-2-8(7)12(13,14)15/h2-5H,6H2,1H3,(H,17,18,19). The molecule has 0 spiro atoms. The van der Waals surface area contributed by atoms with Crippen LogP contribution in [0, 0.1) is 0 Å². The van der Waals surface area contributed by atoms with Crippen molar-refractivity contribution in [3.63, 3.8) is 0 Å². The molecule has 0 atom stereocenters. The number of aromatic nitrogens is 3. The van der Waals surface area contributed by atoms with Crippen molar-refractivity contribution in [2.24, 2.45) is 0 Å². The summed E-state index contributed by atoms with van der Waals surface area (Å²) in [5.74, 6) is 0.145. The highest BCUT2D eigenvalue weighted by Crippen LogP contribution is 2.35. The lowest BCUT2D eigenvalue weighted by atomic mass is 10.1. The predicted octanol–water partition coefficient (Wildman–Crippen LogP) is 2.00. The molecule has 0 bridgehead atoms. The largest absolute Gasteiger partial charge is 0.417 e. The summed E-state index contributed by atoms with van der Waals surface area (Å²) in [5, 5.41) is 0. The maximum atomic E-state index is 12.9. The van der Waals surface area contributed by atoms with Crippen LogP contribution >= 0.6 is 0 Å². The molecule has 0 amide bonds. The number of nitrogens with one attached hydrogen (secondary N) is 1. The fraction of sp³-hybridized carbons (Fsp3) is 0.250. The highest BCUT2D eigenvalue weighted by atomic mass is 19.4. The van der Waals surface area contributed by atoms with Crippen molar-refractivity contribution in [1.29, 1.82) is 0 Å².